The second kappa shape index (κ2) is 21.7. The van der Waals surface area contributed by atoms with Gasteiger partial charge in [0.25, 0.3) is 5.56 Å². The van der Waals surface area contributed by atoms with Crippen LogP contribution in [0.15, 0.2) is 76.1 Å². The molecular formula is C65H80N6O10. The van der Waals surface area contributed by atoms with Crippen LogP contribution in [-0.4, -0.2) is 124 Å². The Labute approximate surface area is 475 Å². The fraction of sp³-hybridized carbons (Fsp3) is 0.554. The summed E-state index contributed by atoms with van der Waals surface area (Å²) in [6.45, 7) is 14.9. The molecule has 2 saturated carbocycles. The minimum absolute atomic E-state index is 0.0539. The van der Waals surface area contributed by atoms with E-state index >= 15 is 0 Å². The van der Waals surface area contributed by atoms with Gasteiger partial charge in [-0.3, -0.25) is 24.1 Å². The number of hydrogen-bond donors (Lipinski definition) is 1. The molecule has 3 fully saturated rings. The van der Waals surface area contributed by atoms with Crippen LogP contribution >= 0.6 is 0 Å². The van der Waals surface area contributed by atoms with Crippen molar-refractivity contribution in [2.45, 2.75) is 167 Å². The third kappa shape index (κ3) is 9.73. The van der Waals surface area contributed by atoms with E-state index in [4.69, 9.17) is 19.2 Å². The van der Waals surface area contributed by atoms with Crippen LogP contribution in [0.1, 0.15) is 152 Å². The van der Waals surface area contributed by atoms with E-state index in [2.05, 4.69) is 61.9 Å². The quantitative estimate of drug-likeness (QED) is 0.0773. The Hall–Kier alpha value is -6.49. The molecule has 3 aliphatic heterocycles. The van der Waals surface area contributed by atoms with E-state index in [0.29, 0.717) is 55.0 Å². The zero-order valence-corrected chi connectivity index (χ0v) is 48.8. The van der Waals surface area contributed by atoms with Crippen molar-refractivity contribution < 1.29 is 43.3 Å². The Bertz CT molecular complexity index is 3360. The molecule has 1 unspecified atom stereocenters. The average Bonchev–Trinajstić information content (AvgIpc) is 3.99. The Morgan fingerprint density at radius 3 is 2.41 bits per heavy atom. The number of aliphatic hydroxyl groups is 1. The molecule has 7 aliphatic rings. The van der Waals surface area contributed by atoms with Gasteiger partial charge in [-0.25, -0.2) is 14.6 Å². The second-order valence-electron chi connectivity index (χ2n) is 25.1. The first kappa shape index (κ1) is 56.4. The van der Waals surface area contributed by atoms with Gasteiger partial charge in [-0.1, -0.05) is 44.4 Å². The first-order valence-electron chi connectivity index (χ1n) is 29.6. The highest BCUT2D eigenvalue weighted by molar-refractivity contribution is 5.93. The van der Waals surface area contributed by atoms with Gasteiger partial charge >= 0.3 is 18.0 Å². The summed E-state index contributed by atoms with van der Waals surface area (Å²) in [6.07, 6.45) is 11.1. The normalized spacial score (nSPS) is 27.7. The summed E-state index contributed by atoms with van der Waals surface area (Å²) in [4.78, 5) is 93.3. The number of ketones is 2. The number of cyclic esters (lactones) is 1. The molecule has 2 aromatic carbocycles. The molecule has 1 amide bonds. The Balaban J connectivity index is 0.693. The highest BCUT2D eigenvalue weighted by Gasteiger charge is 2.67. The highest BCUT2D eigenvalue weighted by atomic mass is 16.6. The summed E-state index contributed by atoms with van der Waals surface area (Å²) in [6, 6.07) is 16.4. The van der Waals surface area contributed by atoms with Crippen LogP contribution in [-0.2, 0) is 53.9 Å². The molecule has 0 spiro atoms. The summed E-state index contributed by atoms with van der Waals surface area (Å²) in [7, 11) is 6.08. The van der Waals surface area contributed by atoms with Gasteiger partial charge in [-0.05, 0) is 170 Å². The van der Waals surface area contributed by atoms with E-state index in [9.17, 15) is 33.9 Å². The second-order valence-corrected chi connectivity index (χ2v) is 25.1. The number of esters is 2. The monoisotopic (exact) mass is 1100 g/mol. The molecule has 0 bridgehead atoms. The van der Waals surface area contributed by atoms with E-state index in [-0.39, 0.29) is 77.7 Å². The number of ether oxygens (including phenoxy) is 3. The Morgan fingerprint density at radius 1 is 0.914 bits per heavy atom. The maximum Gasteiger partial charge on any atom is 0.415 e. The number of hydrogen-bond acceptors (Lipinski definition) is 14. The lowest BCUT2D eigenvalue weighted by Gasteiger charge is -2.55. The summed E-state index contributed by atoms with van der Waals surface area (Å²) in [5.74, 6) is -0.0102. The molecule has 4 aromatic rings. The maximum absolute atomic E-state index is 14.1. The Morgan fingerprint density at radius 2 is 1.68 bits per heavy atom. The zero-order chi connectivity index (χ0) is 57.4. The van der Waals surface area contributed by atoms with Crippen molar-refractivity contribution in [1.29, 1.82) is 0 Å². The maximum atomic E-state index is 14.1. The number of amides is 1. The van der Waals surface area contributed by atoms with Gasteiger partial charge in [-0.2, -0.15) is 0 Å². The van der Waals surface area contributed by atoms with E-state index in [1.54, 1.807) is 30.5 Å². The molecule has 1 N–H and O–H groups in total. The van der Waals surface area contributed by atoms with Crippen LogP contribution in [0.3, 0.4) is 0 Å². The standard InChI is InChI=1S/C65H80N6O10/c1-10-64(78)54-31-56-59-44(35-71(56)60(75)52(54)37-79-61(64)76)30-49-51(36-67(7)8)57(24-23-55(49)66-59)80-62(77)70-34-38(2)69(33-39(70)3)28-14-12-11-13-27-68(9)45-18-15-42(16-19-45)50-32-63(6)53(25-26-65(63,40(4)72)81-41(5)73)48-21-17-43-29-46(74)20-22-47(43)58(48)50/h15-16,18-19,23-24,29-31,38-39,48,50,53,78H,10-14,17,20-22,25-28,32-37H2,1-9H3/t38-,39+,48+,50-,53+,63+,64?,65+/m1/s1. The van der Waals surface area contributed by atoms with E-state index in [0.717, 1.165) is 93.2 Å². The molecule has 430 valence electrons. The van der Waals surface area contributed by atoms with Crippen molar-refractivity contribution >= 4 is 46.2 Å². The number of aromatic nitrogens is 2. The van der Waals surface area contributed by atoms with E-state index in [1.165, 1.54) is 29.2 Å². The van der Waals surface area contributed by atoms with E-state index in [1.807, 2.05) is 42.1 Å². The van der Waals surface area contributed by atoms with Gasteiger partial charge < -0.3 is 38.6 Å². The molecule has 11 rings (SSSR count). The number of fused-ring (bicyclic) bond motifs is 9. The third-order valence-electron chi connectivity index (χ3n) is 19.9. The lowest BCUT2D eigenvalue weighted by atomic mass is 9.50. The molecule has 0 radical (unpaired) electrons. The minimum atomic E-state index is -1.91. The van der Waals surface area contributed by atoms with Gasteiger partial charge in [0.2, 0.25) is 0 Å². The number of allylic oxidation sites excluding steroid dienone is 4. The number of carbonyl (C=O) groups is 5. The van der Waals surface area contributed by atoms with E-state index < -0.39 is 34.6 Å². The lowest BCUT2D eigenvalue weighted by molar-refractivity contribution is -0.182. The fourth-order valence-corrected chi connectivity index (χ4v) is 15.7. The summed E-state index contributed by atoms with van der Waals surface area (Å²) in [5.41, 5.74) is 6.48. The highest BCUT2D eigenvalue weighted by Crippen LogP contribution is 2.68. The number of rotatable bonds is 15. The van der Waals surface area contributed by atoms with Crippen molar-refractivity contribution in [3.05, 3.63) is 109 Å². The van der Waals surface area contributed by atoms with Crippen molar-refractivity contribution in [3.63, 3.8) is 0 Å². The number of nitrogens with zero attached hydrogens (tertiary/aromatic N) is 6. The third-order valence-corrected chi connectivity index (χ3v) is 19.9. The minimum Gasteiger partial charge on any atom is -0.458 e. The van der Waals surface area contributed by atoms with Crippen molar-refractivity contribution in [2.75, 3.05) is 52.2 Å². The molecule has 16 nitrogen and oxygen atoms in total. The number of unbranched alkanes of at least 4 members (excludes halogenated alkanes) is 3. The summed E-state index contributed by atoms with van der Waals surface area (Å²) in [5, 5.41) is 12.2. The number of anilines is 1. The van der Waals surface area contributed by atoms with Crippen molar-refractivity contribution in [3.8, 4) is 17.1 Å². The van der Waals surface area contributed by atoms with Crippen LogP contribution in [0.4, 0.5) is 10.5 Å². The predicted molar refractivity (Wildman–Crippen MR) is 309 cm³/mol. The van der Waals surface area contributed by atoms with Crippen molar-refractivity contribution in [1.82, 2.24) is 24.3 Å². The summed E-state index contributed by atoms with van der Waals surface area (Å²) < 4.78 is 19.3. The largest absolute Gasteiger partial charge is 0.458 e. The van der Waals surface area contributed by atoms with Crippen LogP contribution < -0.4 is 15.2 Å². The van der Waals surface area contributed by atoms with Crippen LogP contribution in [0.25, 0.3) is 22.3 Å². The molecular weight excluding hydrogens is 1020 g/mol. The fourth-order valence-electron chi connectivity index (χ4n) is 15.7. The molecule has 16 heteroatoms. The molecule has 4 aliphatic carbocycles. The first-order valence-corrected chi connectivity index (χ1v) is 29.6. The molecule has 8 atom stereocenters. The Kier molecular flexibility index (Phi) is 15.1. The number of Topliss-reactive ketones (excluding diaryl/α,β-unsaturated/α-hetero) is 1. The molecule has 1 saturated heterocycles. The van der Waals surface area contributed by atoms with Gasteiger partial charge in [0.15, 0.2) is 22.8 Å². The number of piperazine rings is 1. The molecule has 81 heavy (non-hydrogen) atoms. The van der Waals surface area contributed by atoms with Gasteiger partial charge in [-0.15, -0.1) is 0 Å². The molecule has 5 heterocycles. The first-order chi connectivity index (χ1) is 38.7. The van der Waals surface area contributed by atoms with Crippen LogP contribution in [0.2, 0.25) is 0 Å². The SMILES string of the molecule is CCC1(O)C(=O)OCc2c1cc1n(c2=O)Cc2cc3c(CN(C)C)c(OC(=O)N4C[C@@H](C)N(CCCCCCN(C)c5ccc([C@H]6C[C@@]7(C)[C@@H](CC[C@]7(OC(C)=O)C(C)=O)[C@@H]7CCC8=CC(=O)CCC8=C76)cc5)C[C@@H]4C)ccc3nc2-1. The van der Waals surface area contributed by atoms with Crippen molar-refractivity contribution in [2.24, 2.45) is 17.3 Å². The predicted octanol–water partition coefficient (Wildman–Crippen LogP) is 9.52. The molecule has 2 aromatic heterocycles. The number of pyridine rings is 2. The number of benzene rings is 2. The topological polar surface area (TPSA) is 181 Å². The van der Waals surface area contributed by atoms with Gasteiger partial charge in [0, 0.05) is 97.8 Å². The average molecular weight is 1110 g/mol. The van der Waals surface area contributed by atoms with Crippen LogP contribution in [0.5, 0.6) is 5.75 Å². The summed E-state index contributed by atoms with van der Waals surface area (Å²) >= 11 is 0. The lowest BCUT2D eigenvalue weighted by Crippen LogP contribution is -2.58. The van der Waals surface area contributed by atoms with Crippen LogP contribution in [0, 0.1) is 17.3 Å². The van der Waals surface area contributed by atoms with Gasteiger partial charge in [0.05, 0.1) is 29.0 Å². The zero-order valence-electron chi connectivity index (χ0n) is 48.8. The smallest absolute Gasteiger partial charge is 0.415 e. The number of carbonyl (C=O) groups excluding carboxylic acids is 5. The van der Waals surface area contributed by atoms with Gasteiger partial charge in [0.1, 0.15) is 12.4 Å².